The summed E-state index contributed by atoms with van der Waals surface area (Å²) in [5.74, 6) is -0.225. The molecule has 3 heterocycles. The van der Waals surface area contributed by atoms with Gasteiger partial charge in [0.2, 0.25) is 0 Å². The fourth-order valence-corrected chi connectivity index (χ4v) is 4.54. The second-order valence-corrected chi connectivity index (χ2v) is 8.60. The van der Waals surface area contributed by atoms with E-state index in [9.17, 15) is 14.6 Å². The lowest BCUT2D eigenvalue weighted by molar-refractivity contribution is 0.0307. The topological polar surface area (TPSA) is 82.4 Å². The minimum atomic E-state index is -0.821. The van der Waals surface area contributed by atoms with Crippen molar-refractivity contribution in [1.82, 2.24) is 15.0 Å². The number of rotatable bonds is 3. The average molecular weight is 436 g/mol. The van der Waals surface area contributed by atoms with Gasteiger partial charge in [-0.2, -0.15) is 0 Å². The van der Waals surface area contributed by atoms with E-state index in [1.165, 1.54) is 24.4 Å². The molecule has 0 amide bonds. The molecule has 0 unspecified atom stereocenters. The lowest BCUT2D eigenvalue weighted by atomic mass is 9.94. The third-order valence-electron chi connectivity index (χ3n) is 5.90. The van der Waals surface area contributed by atoms with Crippen LogP contribution < -0.4 is 4.90 Å². The summed E-state index contributed by atoms with van der Waals surface area (Å²) in [6.07, 6.45) is 1.90. The maximum absolute atomic E-state index is 15.9. The molecule has 1 aliphatic rings. The number of aromatic nitrogens is 3. The Kier molecular flexibility index (Phi) is 4.53. The van der Waals surface area contributed by atoms with Gasteiger partial charge in [-0.15, -0.1) is 0 Å². The first-order chi connectivity index (χ1) is 15.2. The highest BCUT2D eigenvalue weighted by atomic mass is 19.1. The number of aromatic hydroxyl groups is 1. The largest absolute Gasteiger partial charge is 0.508 e. The van der Waals surface area contributed by atoms with E-state index < -0.39 is 17.2 Å². The van der Waals surface area contributed by atoms with Crippen molar-refractivity contribution in [2.45, 2.75) is 32.8 Å². The highest BCUT2D eigenvalue weighted by Crippen LogP contribution is 2.39. The molecule has 5 rings (SSSR count). The number of pyridine rings is 1. The monoisotopic (exact) mass is 436 g/mol. The molecule has 6 nitrogen and oxygen atoms in total. The Balaban J connectivity index is 1.77. The number of β-amino-alcohol motifs (C(OH)–C–C–N with tert-alkyl or cyclic N) is 1. The van der Waals surface area contributed by atoms with E-state index in [4.69, 9.17) is 0 Å². The molecule has 0 spiro atoms. The van der Waals surface area contributed by atoms with Gasteiger partial charge in [-0.3, -0.25) is 4.98 Å². The number of halogens is 2. The van der Waals surface area contributed by atoms with Gasteiger partial charge < -0.3 is 15.1 Å². The highest BCUT2D eigenvalue weighted by Gasteiger charge is 2.38. The smallest absolute Gasteiger partial charge is 0.175 e. The summed E-state index contributed by atoms with van der Waals surface area (Å²) < 4.78 is 30.4. The van der Waals surface area contributed by atoms with Gasteiger partial charge in [0, 0.05) is 24.8 Å². The Morgan fingerprint density at radius 2 is 1.91 bits per heavy atom. The molecule has 0 aliphatic carbocycles. The third-order valence-corrected chi connectivity index (χ3v) is 5.90. The Morgan fingerprint density at radius 1 is 1.16 bits per heavy atom. The highest BCUT2D eigenvalue weighted by molar-refractivity contribution is 6.01. The summed E-state index contributed by atoms with van der Waals surface area (Å²) in [6, 6.07) is 5.84. The molecule has 1 saturated heterocycles. The molecular formula is C24H22F2N4O2. The van der Waals surface area contributed by atoms with Crippen molar-refractivity contribution in [1.29, 1.82) is 0 Å². The summed E-state index contributed by atoms with van der Waals surface area (Å²) in [4.78, 5) is 15.0. The number of anilines is 1. The van der Waals surface area contributed by atoms with Crippen LogP contribution in [-0.2, 0) is 6.42 Å². The maximum atomic E-state index is 15.9. The minimum Gasteiger partial charge on any atom is -0.508 e. The second kappa shape index (κ2) is 7.06. The van der Waals surface area contributed by atoms with Crippen LogP contribution in [0, 0.1) is 18.6 Å². The molecule has 0 atom stereocenters. The number of phenols is 1. The first kappa shape index (κ1) is 20.5. The van der Waals surface area contributed by atoms with Crippen LogP contribution in [0.5, 0.6) is 5.75 Å². The molecule has 4 aromatic rings. The fraction of sp³-hybridized carbons (Fsp3) is 0.292. The van der Waals surface area contributed by atoms with E-state index in [-0.39, 0.29) is 17.0 Å². The minimum absolute atomic E-state index is 0.0154. The van der Waals surface area contributed by atoms with E-state index in [2.05, 4.69) is 15.0 Å². The standard InChI is InChI=1S/C24H22F2N4O2/c1-4-15-18(25)6-5-13-7-14(31)8-16(19(13)15)21-20(26)22-17(9-27-21)23(29-12(2)28-22)30-10-24(3,32)11-30/h5-9,31-32H,4,10-11H2,1-3H3. The van der Waals surface area contributed by atoms with Crippen LogP contribution in [0.4, 0.5) is 14.6 Å². The van der Waals surface area contributed by atoms with E-state index in [0.29, 0.717) is 58.4 Å². The van der Waals surface area contributed by atoms with Gasteiger partial charge in [0.05, 0.1) is 11.0 Å². The molecule has 164 valence electrons. The van der Waals surface area contributed by atoms with Gasteiger partial charge >= 0.3 is 0 Å². The summed E-state index contributed by atoms with van der Waals surface area (Å²) >= 11 is 0. The van der Waals surface area contributed by atoms with Crippen molar-refractivity contribution in [2.75, 3.05) is 18.0 Å². The molecule has 2 aromatic carbocycles. The number of phenolic OH excluding ortho intramolecular Hbond substituents is 1. The van der Waals surface area contributed by atoms with Crippen molar-refractivity contribution >= 4 is 27.5 Å². The number of aliphatic hydroxyl groups is 1. The summed E-state index contributed by atoms with van der Waals surface area (Å²) in [6.45, 7) is 5.98. The molecule has 0 saturated carbocycles. The normalized spacial score (nSPS) is 15.4. The molecule has 0 bridgehead atoms. The van der Waals surface area contributed by atoms with E-state index in [1.54, 1.807) is 19.9 Å². The van der Waals surface area contributed by atoms with Crippen LogP contribution >= 0.6 is 0 Å². The molecule has 2 aromatic heterocycles. The average Bonchev–Trinajstić information content (AvgIpc) is 2.72. The number of hydrogen-bond acceptors (Lipinski definition) is 6. The van der Waals surface area contributed by atoms with Crippen molar-refractivity contribution in [3.8, 4) is 17.0 Å². The Bertz CT molecular complexity index is 1400. The number of nitrogens with zero attached hydrogens (tertiary/aromatic N) is 4. The number of aryl methyl sites for hydroxylation is 2. The quantitative estimate of drug-likeness (QED) is 0.499. The van der Waals surface area contributed by atoms with Crippen LogP contribution in [0.15, 0.2) is 30.5 Å². The summed E-state index contributed by atoms with van der Waals surface area (Å²) in [7, 11) is 0. The number of hydrogen-bond donors (Lipinski definition) is 2. The molecule has 8 heteroatoms. The zero-order valence-corrected chi connectivity index (χ0v) is 17.9. The molecule has 2 N–H and O–H groups in total. The van der Waals surface area contributed by atoms with Gasteiger partial charge in [0.1, 0.15) is 34.4 Å². The van der Waals surface area contributed by atoms with Gasteiger partial charge in [0.15, 0.2) is 5.82 Å². The molecule has 1 fully saturated rings. The Hall–Kier alpha value is -3.39. The second-order valence-electron chi connectivity index (χ2n) is 8.60. The Morgan fingerprint density at radius 3 is 2.59 bits per heavy atom. The van der Waals surface area contributed by atoms with Crippen LogP contribution in [0.1, 0.15) is 25.2 Å². The van der Waals surface area contributed by atoms with Gasteiger partial charge in [0.25, 0.3) is 0 Å². The van der Waals surface area contributed by atoms with Gasteiger partial charge in [-0.1, -0.05) is 13.0 Å². The van der Waals surface area contributed by atoms with Crippen molar-refractivity contribution in [3.05, 3.63) is 53.5 Å². The van der Waals surface area contributed by atoms with Crippen LogP contribution in [0.25, 0.3) is 32.9 Å². The fourth-order valence-electron chi connectivity index (χ4n) is 4.54. The van der Waals surface area contributed by atoms with Gasteiger partial charge in [-0.05, 0) is 54.8 Å². The molecular weight excluding hydrogens is 414 g/mol. The Labute approximate surface area is 183 Å². The molecule has 32 heavy (non-hydrogen) atoms. The maximum Gasteiger partial charge on any atom is 0.175 e. The van der Waals surface area contributed by atoms with Crippen molar-refractivity contribution in [2.24, 2.45) is 0 Å². The predicted octanol–water partition coefficient (Wildman–Crippen LogP) is 4.27. The molecule has 1 aliphatic heterocycles. The van der Waals surface area contributed by atoms with Crippen molar-refractivity contribution < 1.29 is 19.0 Å². The van der Waals surface area contributed by atoms with Crippen molar-refractivity contribution in [3.63, 3.8) is 0 Å². The zero-order chi connectivity index (χ0) is 22.8. The first-order valence-electron chi connectivity index (χ1n) is 10.4. The van der Waals surface area contributed by atoms with Gasteiger partial charge in [-0.25, -0.2) is 18.7 Å². The third kappa shape index (κ3) is 3.14. The summed E-state index contributed by atoms with van der Waals surface area (Å²) in [5.41, 5.74) is -0.00646. The first-order valence-corrected chi connectivity index (χ1v) is 10.4. The number of benzene rings is 2. The lowest BCUT2D eigenvalue weighted by Crippen LogP contribution is -2.60. The summed E-state index contributed by atoms with van der Waals surface area (Å²) in [5, 5.41) is 21.9. The predicted molar refractivity (Wildman–Crippen MR) is 119 cm³/mol. The van der Waals surface area contributed by atoms with Crippen LogP contribution in [0.2, 0.25) is 0 Å². The van der Waals surface area contributed by atoms with Crippen LogP contribution in [-0.4, -0.2) is 43.9 Å². The SMILES string of the molecule is CCc1c(F)ccc2cc(O)cc(-c3ncc4c(N5CC(C)(O)C5)nc(C)nc4c3F)c12. The van der Waals surface area contributed by atoms with Crippen LogP contribution in [0.3, 0.4) is 0 Å². The number of fused-ring (bicyclic) bond motifs is 2. The van der Waals surface area contributed by atoms with E-state index in [0.717, 1.165) is 0 Å². The molecule has 0 radical (unpaired) electrons. The lowest BCUT2D eigenvalue weighted by Gasteiger charge is -2.45. The van der Waals surface area contributed by atoms with E-state index >= 15 is 4.39 Å². The van der Waals surface area contributed by atoms with E-state index in [1.807, 2.05) is 11.8 Å². The zero-order valence-electron chi connectivity index (χ0n) is 17.9.